The molecule has 0 aliphatic heterocycles. The average Bonchev–Trinajstić information content (AvgIpc) is 2.46. The Morgan fingerprint density at radius 1 is 0.727 bits per heavy atom. The Bertz CT molecular complexity index is 799. The zero-order valence-corrected chi connectivity index (χ0v) is 12.4. The smallest absolute Gasteiger partial charge is 0.337 e. The molecule has 0 radical (unpaired) electrons. The van der Waals surface area contributed by atoms with E-state index in [1.807, 2.05) is 0 Å². The van der Waals surface area contributed by atoms with Crippen molar-refractivity contribution in [3.05, 3.63) is 68.7 Å². The highest BCUT2D eigenvalue weighted by molar-refractivity contribution is 6.39. The molecule has 0 fully saturated rings. The molecule has 5 nitrogen and oxygen atoms in total. The third-order valence-electron chi connectivity index (χ3n) is 2.93. The van der Waals surface area contributed by atoms with Gasteiger partial charge in [-0.15, -0.1) is 0 Å². The highest BCUT2D eigenvalue weighted by Crippen LogP contribution is 2.28. The van der Waals surface area contributed by atoms with E-state index in [-0.39, 0.29) is 32.3 Å². The summed E-state index contributed by atoms with van der Waals surface area (Å²) in [6, 6.07) is 7.76. The number of carboxylic acid groups (broad SMARTS) is 2. The Labute approximate surface area is 134 Å². The lowest BCUT2D eigenvalue weighted by molar-refractivity contribution is 0.0684. The number of ketones is 1. The van der Waals surface area contributed by atoms with Gasteiger partial charge in [-0.05, 0) is 18.2 Å². The Kier molecular flexibility index (Phi) is 4.49. The normalized spacial score (nSPS) is 10.3. The van der Waals surface area contributed by atoms with E-state index in [9.17, 15) is 14.4 Å². The van der Waals surface area contributed by atoms with Crippen LogP contribution in [0, 0.1) is 0 Å². The molecule has 0 aliphatic rings. The van der Waals surface area contributed by atoms with Gasteiger partial charge in [-0.25, -0.2) is 9.59 Å². The number of hydrogen-bond acceptors (Lipinski definition) is 3. The first-order chi connectivity index (χ1) is 10.3. The first-order valence-electron chi connectivity index (χ1n) is 5.92. The average molecular weight is 339 g/mol. The van der Waals surface area contributed by atoms with Gasteiger partial charge in [-0.1, -0.05) is 41.4 Å². The van der Waals surface area contributed by atoms with Crippen LogP contribution in [0.1, 0.15) is 36.6 Å². The van der Waals surface area contributed by atoms with E-state index in [2.05, 4.69) is 0 Å². The summed E-state index contributed by atoms with van der Waals surface area (Å²) < 4.78 is 0. The van der Waals surface area contributed by atoms with Gasteiger partial charge in [0.15, 0.2) is 5.78 Å². The topological polar surface area (TPSA) is 91.7 Å². The minimum atomic E-state index is -1.32. The lowest BCUT2D eigenvalue weighted by Crippen LogP contribution is -2.11. The van der Waals surface area contributed by atoms with E-state index >= 15 is 0 Å². The summed E-state index contributed by atoms with van der Waals surface area (Å²) in [6.07, 6.45) is 0. The van der Waals surface area contributed by atoms with Crippen LogP contribution in [0.2, 0.25) is 10.0 Å². The van der Waals surface area contributed by atoms with E-state index in [0.29, 0.717) is 0 Å². The fourth-order valence-corrected chi connectivity index (χ4v) is 2.45. The van der Waals surface area contributed by atoms with Crippen LogP contribution in [0.5, 0.6) is 0 Å². The highest BCUT2D eigenvalue weighted by Gasteiger charge is 2.22. The Balaban J connectivity index is 2.62. The molecule has 0 bridgehead atoms. The van der Waals surface area contributed by atoms with Crippen molar-refractivity contribution in [3.63, 3.8) is 0 Å². The zero-order valence-electron chi connectivity index (χ0n) is 10.8. The summed E-state index contributed by atoms with van der Waals surface area (Å²) in [5.41, 5.74) is -0.703. The van der Waals surface area contributed by atoms with E-state index in [4.69, 9.17) is 33.4 Å². The number of carbonyl (C=O) groups is 3. The summed E-state index contributed by atoms with van der Waals surface area (Å²) >= 11 is 11.7. The standard InChI is InChI=1S/C15H8Cl2O5/c16-11-6-12(17)10(15(21)22)5-9(11)13(18)7-3-1-2-4-8(7)14(19)20/h1-6H,(H,19,20)(H,21,22). The monoisotopic (exact) mass is 338 g/mol. The number of benzene rings is 2. The summed E-state index contributed by atoms with van der Waals surface area (Å²) in [4.78, 5) is 34.8. The van der Waals surface area contributed by atoms with E-state index in [1.165, 1.54) is 24.3 Å². The lowest BCUT2D eigenvalue weighted by atomic mass is 9.97. The molecular formula is C15H8Cl2O5. The van der Waals surface area contributed by atoms with Gasteiger partial charge in [0.1, 0.15) is 0 Å². The number of hydrogen-bond donors (Lipinski definition) is 2. The maximum Gasteiger partial charge on any atom is 0.337 e. The Hall–Kier alpha value is -2.37. The van der Waals surface area contributed by atoms with Crippen molar-refractivity contribution in [1.29, 1.82) is 0 Å². The molecule has 0 saturated carbocycles. The largest absolute Gasteiger partial charge is 0.478 e. The fourth-order valence-electron chi connectivity index (χ4n) is 1.90. The van der Waals surface area contributed by atoms with Gasteiger partial charge in [-0.3, -0.25) is 4.79 Å². The van der Waals surface area contributed by atoms with Gasteiger partial charge in [0.25, 0.3) is 0 Å². The molecule has 2 aromatic carbocycles. The zero-order chi connectivity index (χ0) is 16.4. The van der Waals surface area contributed by atoms with Crippen molar-refractivity contribution in [2.75, 3.05) is 0 Å². The number of rotatable bonds is 4. The number of halogens is 2. The molecule has 0 unspecified atom stereocenters. The molecule has 0 atom stereocenters. The molecule has 0 amide bonds. The molecular weight excluding hydrogens is 331 g/mol. The van der Waals surface area contributed by atoms with Gasteiger partial charge in [-0.2, -0.15) is 0 Å². The summed E-state index contributed by atoms with van der Waals surface area (Å²) in [7, 11) is 0. The van der Waals surface area contributed by atoms with Crippen molar-refractivity contribution in [1.82, 2.24) is 0 Å². The van der Waals surface area contributed by atoms with E-state index < -0.39 is 17.7 Å². The molecule has 2 aromatic rings. The van der Waals surface area contributed by atoms with Crippen LogP contribution >= 0.6 is 23.2 Å². The highest BCUT2D eigenvalue weighted by atomic mass is 35.5. The predicted octanol–water partition coefficient (Wildman–Crippen LogP) is 3.62. The van der Waals surface area contributed by atoms with Gasteiger partial charge in [0.05, 0.1) is 21.2 Å². The summed E-state index contributed by atoms with van der Waals surface area (Å²) in [5, 5.41) is 18.0. The molecule has 0 aliphatic carbocycles. The van der Waals surface area contributed by atoms with E-state index in [1.54, 1.807) is 0 Å². The van der Waals surface area contributed by atoms with E-state index in [0.717, 1.165) is 12.1 Å². The fraction of sp³-hybridized carbons (Fsp3) is 0. The van der Waals surface area contributed by atoms with Crippen molar-refractivity contribution in [2.45, 2.75) is 0 Å². The van der Waals surface area contributed by atoms with Crippen molar-refractivity contribution < 1.29 is 24.6 Å². The molecule has 2 N–H and O–H groups in total. The van der Waals surface area contributed by atoms with Crippen molar-refractivity contribution in [2.24, 2.45) is 0 Å². The molecule has 0 saturated heterocycles. The Morgan fingerprint density at radius 2 is 1.23 bits per heavy atom. The maximum absolute atomic E-state index is 12.5. The molecule has 2 rings (SSSR count). The number of carbonyl (C=O) groups excluding carboxylic acids is 1. The SMILES string of the molecule is O=C(O)c1cc(C(=O)c2ccccc2C(=O)O)c(Cl)cc1Cl. The first-order valence-corrected chi connectivity index (χ1v) is 6.68. The number of aromatic carboxylic acids is 2. The van der Waals surface area contributed by atoms with Crippen molar-refractivity contribution >= 4 is 40.9 Å². The molecule has 22 heavy (non-hydrogen) atoms. The molecule has 0 spiro atoms. The van der Waals surface area contributed by atoms with Gasteiger partial charge in [0, 0.05) is 11.1 Å². The number of carboxylic acids is 2. The van der Waals surface area contributed by atoms with Crippen LogP contribution in [-0.4, -0.2) is 27.9 Å². The second-order valence-electron chi connectivity index (χ2n) is 4.30. The molecule has 0 aromatic heterocycles. The van der Waals surface area contributed by atoms with Crippen LogP contribution in [-0.2, 0) is 0 Å². The Morgan fingerprint density at radius 3 is 1.77 bits per heavy atom. The van der Waals surface area contributed by atoms with Gasteiger partial charge in [0.2, 0.25) is 0 Å². The maximum atomic E-state index is 12.5. The minimum Gasteiger partial charge on any atom is -0.478 e. The third-order valence-corrected chi connectivity index (χ3v) is 3.56. The van der Waals surface area contributed by atoms with Gasteiger partial charge >= 0.3 is 11.9 Å². The molecule has 0 heterocycles. The van der Waals surface area contributed by atoms with Crippen LogP contribution < -0.4 is 0 Å². The summed E-state index contributed by atoms with van der Waals surface area (Å²) in [6.45, 7) is 0. The minimum absolute atomic E-state index is 0.0554. The van der Waals surface area contributed by atoms with Gasteiger partial charge < -0.3 is 10.2 Å². The van der Waals surface area contributed by atoms with Crippen molar-refractivity contribution in [3.8, 4) is 0 Å². The second-order valence-corrected chi connectivity index (χ2v) is 5.11. The first kappa shape index (κ1) is 16.0. The lowest BCUT2D eigenvalue weighted by Gasteiger charge is -2.09. The third kappa shape index (κ3) is 2.95. The molecule has 7 heteroatoms. The van der Waals surface area contributed by atoms with Crippen LogP contribution in [0.25, 0.3) is 0 Å². The van der Waals surface area contributed by atoms with Crippen LogP contribution in [0.15, 0.2) is 36.4 Å². The predicted molar refractivity (Wildman–Crippen MR) is 80.3 cm³/mol. The summed E-state index contributed by atoms with van der Waals surface area (Å²) in [5.74, 6) is -3.28. The quantitative estimate of drug-likeness (QED) is 0.830. The van der Waals surface area contributed by atoms with Crippen LogP contribution in [0.4, 0.5) is 0 Å². The van der Waals surface area contributed by atoms with Crippen LogP contribution in [0.3, 0.4) is 0 Å². The second kappa shape index (κ2) is 6.17. The molecule has 112 valence electrons.